The molecule has 0 saturated carbocycles. The lowest BCUT2D eigenvalue weighted by Gasteiger charge is -2.01. The third-order valence-corrected chi connectivity index (χ3v) is 3.68. The van der Waals surface area contributed by atoms with Gasteiger partial charge in [0.05, 0.1) is 20.5 Å². The maximum atomic E-state index is 10.9. The molecule has 1 aromatic heterocycles. The number of rotatable bonds is 2. The second-order valence-corrected chi connectivity index (χ2v) is 5.30. The van der Waals surface area contributed by atoms with Gasteiger partial charge in [-0.25, -0.2) is 4.98 Å². The zero-order valence-corrected chi connectivity index (χ0v) is 12.3. The Balaban J connectivity index is 2.27. The molecule has 0 aliphatic rings. The van der Waals surface area contributed by atoms with E-state index in [1.54, 1.807) is 25.1 Å². The average Bonchev–Trinajstić information content (AvgIpc) is 2.82. The maximum absolute atomic E-state index is 10.9. The number of fused-ring (bicyclic) bond motifs is 1. The lowest BCUT2D eigenvalue weighted by molar-refractivity contribution is -0.384. The first-order valence-corrected chi connectivity index (χ1v) is 6.73. The van der Waals surface area contributed by atoms with E-state index < -0.39 is 4.92 Å². The van der Waals surface area contributed by atoms with Crippen LogP contribution in [0.3, 0.4) is 0 Å². The van der Waals surface area contributed by atoms with E-state index in [9.17, 15) is 10.1 Å². The number of aromatic nitrogens is 1. The molecule has 7 heteroatoms. The number of oxazole rings is 1. The van der Waals surface area contributed by atoms with Gasteiger partial charge < -0.3 is 4.42 Å². The molecule has 0 aliphatic heterocycles. The van der Waals surface area contributed by atoms with Gasteiger partial charge in [-0.1, -0.05) is 29.3 Å². The summed E-state index contributed by atoms with van der Waals surface area (Å²) in [6.07, 6.45) is 0. The van der Waals surface area contributed by atoms with Crippen molar-refractivity contribution in [2.24, 2.45) is 0 Å². The number of hydrogen-bond donors (Lipinski definition) is 0. The van der Waals surface area contributed by atoms with Crippen LogP contribution in [0.2, 0.25) is 10.0 Å². The number of non-ortho nitro benzene ring substituents is 1. The van der Waals surface area contributed by atoms with Gasteiger partial charge in [0.2, 0.25) is 5.89 Å². The van der Waals surface area contributed by atoms with Crippen LogP contribution in [0, 0.1) is 17.0 Å². The molecule has 3 aromatic rings. The van der Waals surface area contributed by atoms with Crippen molar-refractivity contribution < 1.29 is 9.34 Å². The second-order valence-electron chi connectivity index (χ2n) is 4.48. The minimum atomic E-state index is -0.469. The molecule has 0 spiro atoms. The number of nitro groups is 1. The summed E-state index contributed by atoms with van der Waals surface area (Å²) < 4.78 is 5.68. The van der Waals surface area contributed by atoms with Gasteiger partial charge in [0.25, 0.3) is 5.69 Å². The molecule has 0 unspecified atom stereocenters. The number of benzene rings is 2. The van der Waals surface area contributed by atoms with Crippen molar-refractivity contribution in [1.29, 1.82) is 0 Å². The minimum absolute atomic E-state index is 0.0369. The van der Waals surface area contributed by atoms with Crippen LogP contribution in [-0.2, 0) is 0 Å². The summed E-state index contributed by atoms with van der Waals surface area (Å²) in [6, 6.07) is 7.86. The van der Waals surface area contributed by atoms with Gasteiger partial charge in [-0.05, 0) is 19.1 Å². The van der Waals surface area contributed by atoms with Gasteiger partial charge >= 0.3 is 0 Å². The Morgan fingerprint density at radius 3 is 2.52 bits per heavy atom. The van der Waals surface area contributed by atoms with Crippen molar-refractivity contribution in [2.75, 3.05) is 0 Å². The number of hydrogen-bond acceptors (Lipinski definition) is 4. The smallest absolute Gasteiger partial charge is 0.272 e. The fourth-order valence-corrected chi connectivity index (χ4v) is 2.65. The fraction of sp³-hybridized carbons (Fsp3) is 0.0714. The monoisotopic (exact) mass is 322 g/mol. The Morgan fingerprint density at radius 2 is 1.90 bits per heavy atom. The van der Waals surface area contributed by atoms with Crippen LogP contribution in [-0.4, -0.2) is 9.91 Å². The van der Waals surface area contributed by atoms with E-state index in [0.29, 0.717) is 32.3 Å². The largest absolute Gasteiger partial charge is 0.436 e. The molecule has 21 heavy (non-hydrogen) atoms. The van der Waals surface area contributed by atoms with Gasteiger partial charge in [-0.15, -0.1) is 0 Å². The summed E-state index contributed by atoms with van der Waals surface area (Å²) in [5, 5.41) is 11.7. The van der Waals surface area contributed by atoms with Gasteiger partial charge in [-0.2, -0.15) is 0 Å². The third kappa shape index (κ3) is 2.34. The number of nitro benzene ring substituents is 1. The molecule has 106 valence electrons. The van der Waals surface area contributed by atoms with E-state index in [0.717, 1.165) is 0 Å². The number of nitrogens with zero attached hydrogens (tertiary/aromatic N) is 2. The summed E-state index contributed by atoms with van der Waals surface area (Å²) in [7, 11) is 0. The quantitative estimate of drug-likeness (QED) is 0.490. The van der Waals surface area contributed by atoms with Crippen LogP contribution in [0.1, 0.15) is 5.56 Å². The highest BCUT2D eigenvalue weighted by molar-refractivity contribution is 6.38. The molecule has 3 rings (SSSR count). The molecule has 1 heterocycles. The highest BCUT2D eigenvalue weighted by Gasteiger charge is 2.18. The Morgan fingerprint density at radius 1 is 1.24 bits per heavy atom. The van der Waals surface area contributed by atoms with Crippen molar-refractivity contribution in [2.45, 2.75) is 6.92 Å². The van der Waals surface area contributed by atoms with Crippen LogP contribution >= 0.6 is 23.2 Å². The topological polar surface area (TPSA) is 69.2 Å². The SMILES string of the molecule is Cc1cc([N+](=O)[O-])cc2nc(-c3c(Cl)cccc3Cl)oc12. The fourth-order valence-electron chi connectivity index (χ4n) is 2.10. The van der Waals surface area contributed by atoms with Crippen LogP contribution < -0.4 is 0 Å². The summed E-state index contributed by atoms with van der Waals surface area (Å²) in [4.78, 5) is 14.7. The summed E-state index contributed by atoms with van der Waals surface area (Å²) in [5.41, 5.74) is 1.93. The Kier molecular flexibility index (Phi) is 3.31. The van der Waals surface area contributed by atoms with E-state index >= 15 is 0 Å². The normalized spacial score (nSPS) is 11.0. The first-order chi connectivity index (χ1) is 9.97. The molecule has 0 N–H and O–H groups in total. The predicted octanol–water partition coefficient (Wildman–Crippen LogP) is 5.02. The second kappa shape index (κ2) is 5.02. The molecule has 0 radical (unpaired) electrons. The Labute approximate surface area is 129 Å². The summed E-state index contributed by atoms with van der Waals surface area (Å²) in [6.45, 7) is 1.72. The van der Waals surface area contributed by atoms with Gasteiger partial charge in [-0.3, -0.25) is 10.1 Å². The molecule has 0 amide bonds. The number of aryl methyl sites for hydroxylation is 1. The highest BCUT2D eigenvalue weighted by Crippen LogP contribution is 2.37. The lowest BCUT2D eigenvalue weighted by Crippen LogP contribution is -1.88. The lowest BCUT2D eigenvalue weighted by atomic mass is 10.2. The minimum Gasteiger partial charge on any atom is -0.436 e. The van der Waals surface area contributed by atoms with E-state index in [1.807, 2.05) is 0 Å². The molecule has 0 saturated heterocycles. The summed E-state index contributed by atoms with van der Waals surface area (Å²) in [5.74, 6) is 0.240. The molecule has 0 fully saturated rings. The molecule has 0 aliphatic carbocycles. The van der Waals surface area contributed by atoms with Gasteiger partial charge in [0, 0.05) is 17.7 Å². The Hall–Kier alpha value is -2.11. The van der Waals surface area contributed by atoms with Crippen LogP contribution in [0.25, 0.3) is 22.6 Å². The maximum Gasteiger partial charge on any atom is 0.272 e. The van der Waals surface area contributed by atoms with Gasteiger partial charge in [0.15, 0.2) is 5.58 Å². The van der Waals surface area contributed by atoms with Gasteiger partial charge in [0.1, 0.15) is 5.52 Å². The molecular weight excluding hydrogens is 315 g/mol. The van der Waals surface area contributed by atoms with E-state index in [1.165, 1.54) is 12.1 Å². The van der Waals surface area contributed by atoms with E-state index in [-0.39, 0.29) is 11.6 Å². The average molecular weight is 323 g/mol. The molecule has 0 bridgehead atoms. The molecule has 5 nitrogen and oxygen atoms in total. The molecular formula is C14H8Cl2N2O3. The van der Waals surface area contributed by atoms with E-state index in [4.69, 9.17) is 27.6 Å². The summed E-state index contributed by atoms with van der Waals surface area (Å²) >= 11 is 12.2. The number of halogens is 2. The first-order valence-electron chi connectivity index (χ1n) is 5.97. The molecule has 2 aromatic carbocycles. The standard InChI is InChI=1S/C14H8Cl2N2O3/c1-7-5-8(18(19)20)6-11-13(7)21-14(17-11)12-9(15)3-2-4-10(12)16/h2-6H,1H3. The predicted molar refractivity (Wildman–Crippen MR) is 80.9 cm³/mol. The van der Waals surface area contributed by atoms with Crippen LogP contribution in [0.5, 0.6) is 0 Å². The first kappa shape index (κ1) is 13.9. The zero-order valence-electron chi connectivity index (χ0n) is 10.8. The van der Waals surface area contributed by atoms with Crippen molar-refractivity contribution >= 4 is 40.0 Å². The van der Waals surface area contributed by atoms with E-state index in [2.05, 4.69) is 4.98 Å². The highest BCUT2D eigenvalue weighted by atomic mass is 35.5. The third-order valence-electron chi connectivity index (χ3n) is 3.05. The van der Waals surface area contributed by atoms with Crippen LogP contribution in [0.15, 0.2) is 34.7 Å². The van der Waals surface area contributed by atoms with Crippen molar-refractivity contribution in [3.8, 4) is 11.5 Å². The van der Waals surface area contributed by atoms with Crippen molar-refractivity contribution in [3.05, 3.63) is 56.1 Å². The van der Waals surface area contributed by atoms with Crippen LogP contribution in [0.4, 0.5) is 5.69 Å². The zero-order chi connectivity index (χ0) is 15.1. The van der Waals surface area contributed by atoms with Crippen molar-refractivity contribution in [1.82, 2.24) is 4.98 Å². The van der Waals surface area contributed by atoms with Crippen molar-refractivity contribution in [3.63, 3.8) is 0 Å². The molecule has 0 atom stereocenters. The Bertz CT molecular complexity index is 854.